The Labute approximate surface area is 231 Å². The number of carbonyl (C=O) groups is 4. The molecule has 0 unspecified atom stereocenters. The van der Waals surface area contributed by atoms with Gasteiger partial charge in [-0.1, -0.05) is 34.1 Å². The number of barbiturate groups is 1. The Hall–Kier alpha value is -4.36. The van der Waals surface area contributed by atoms with E-state index < -0.39 is 34.2 Å². The van der Waals surface area contributed by atoms with E-state index in [1.807, 2.05) is 6.07 Å². The summed E-state index contributed by atoms with van der Waals surface area (Å²) in [6.45, 7) is -0.376. The van der Waals surface area contributed by atoms with Crippen LogP contribution >= 0.6 is 31.9 Å². The summed E-state index contributed by atoms with van der Waals surface area (Å²) in [5, 5.41) is 15.7. The van der Waals surface area contributed by atoms with Gasteiger partial charge in [-0.3, -0.25) is 29.8 Å². The molecule has 0 radical (unpaired) electrons. The van der Waals surface area contributed by atoms with E-state index in [9.17, 15) is 29.3 Å². The third-order valence-corrected chi connectivity index (χ3v) is 6.21. The van der Waals surface area contributed by atoms with Gasteiger partial charge in [-0.15, -0.1) is 0 Å². The van der Waals surface area contributed by atoms with Crippen molar-refractivity contribution in [3.8, 4) is 5.75 Å². The molecule has 1 aliphatic rings. The first-order chi connectivity index (χ1) is 18.1. The Kier molecular flexibility index (Phi) is 7.98. The van der Waals surface area contributed by atoms with Crippen molar-refractivity contribution in [1.29, 1.82) is 0 Å². The zero-order valence-corrected chi connectivity index (χ0v) is 22.3. The highest BCUT2D eigenvalue weighted by Gasteiger charge is 2.37. The number of para-hydroxylation sites is 1. The van der Waals surface area contributed by atoms with Crippen LogP contribution in [0.3, 0.4) is 0 Å². The number of nitrogens with one attached hydrogen (secondary N) is 2. The Morgan fingerprint density at radius 1 is 1.05 bits per heavy atom. The lowest BCUT2D eigenvalue weighted by Gasteiger charge is -2.26. The fourth-order valence-corrected chi connectivity index (χ4v) is 4.84. The van der Waals surface area contributed by atoms with Gasteiger partial charge < -0.3 is 10.1 Å². The third-order valence-electron chi connectivity index (χ3n) is 5.16. The second-order valence-corrected chi connectivity index (χ2v) is 9.51. The first-order valence-corrected chi connectivity index (χ1v) is 12.4. The van der Waals surface area contributed by atoms with Crippen molar-refractivity contribution in [1.82, 2.24) is 5.32 Å². The number of imide groups is 2. The Balaban J connectivity index is 1.63. The van der Waals surface area contributed by atoms with Gasteiger partial charge in [-0.25, -0.2) is 9.69 Å². The van der Waals surface area contributed by atoms with E-state index in [0.29, 0.717) is 19.5 Å². The van der Waals surface area contributed by atoms with Gasteiger partial charge in [-0.05, 0) is 58.4 Å². The van der Waals surface area contributed by atoms with Crippen LogP contribution in [0.1, 0.15) is 5.56 Å². The van der Waals surface area contributed by atoms with Crippen LogP contribution in [-0.2, 0) is 14.4 Å². The number of amides is 5. The number of rotatable bonds is 7. The average molecular weight is 644 g/mol. The van der Waals surface area contributed by atoms with Gasteiger partial charge in [0.1, 0.15) is 11.3 Å². The van der Waals surface area contributed by atoms with Gasteiger partial charge in [0, 0.05) is 27.9 Å². The number of carbonyl (C=O) groups excluding carboxylic acids is 4. The molecule has 4 rings (SSSR count). The normalized spacial score (nSPS) is 14.3. The standard InChI is InChI=1S/C25H16Br2N4O7/c26-15-10-14(22(20(27)12-15)38-13-21(32)28-16-4-2-1-3-5-16)11-19-23(33)29-25(35)30(24(19)34)17-6-8-18(9-7-17)31(36)37/h1-12H,13H2,(H,28,32)(H,29,33,35)/b19-11-. The van der Waals surface area contributed by atoms with Crippen LogP contribution in [-0.4, -0.2) is 35.3 Å². The maximum Gasteiger partial charge on any atom is 0.335 e. The van der Waals surface area contributed by atoms with Crippen LogP contribution in [0.15, 0.2) is 81.2 Å². The zero-order chi connectivity index (χ0) is 27.4. The Morgan fingerprint density at radius 2 is 1.74 bits per heavy atom. The number of halogens is 2. The van der Waals surface area contributed by atoms with E-state index in [2.05, 4.69) is 42.5 Å². The summed E-state index contributed by atoms with van der Waals surface area (Å²) in [6.07, 6.45) is 1.22. The lowest BCUT2D eigenvalue weighted by Crippen LogP contribution is -2.54. The summed E-state index contributed by atoms with van der Waals surface area (Å²) in [6, 6.07) is 15.7. The number of nitro benzene ring substituents is 1. The molecule has 13 heteroatoms. The van der Waals surface area contributed by atoms with Gasteiger partial charge in [0.05, 0.1) is 15.1 Å². The summed E-state index contributed by atoms with van der Waals surface area (Å²) >= 11 is 6.71. The first kappa shape index (κ1) is 26.7. The number of hydrogen-bond donors (Lipinski definition) is 2. The third kappa shape index (κ3) is 5.95. The van der Waals surface area contributed by atoms with Crippen LogP contribution in [0.4, 0.5) is 21.9 Å². The molecular weight excluding hydrogens is 628 g/mol. The van der Waals surface area contributed by atoms with Gasteiger partial charge in [0.2, 0.25) is 0 Å². The van der Waals surface area contributed by atoms with Crippen molar-refractivity contribution in [2.75, 3.05) is 16.8 Å². The Bertz CT molecular complexity index is 1490. The van der Waals surface area contributed by atoms with Crippen LogP contribution in [0.2, 0.25) is 0 Å². The van der Waals surface area contributed by atoms with Crippen molar-refractivity contribution in [2.45, 2.75) is 0 Å². The summed E-state index contributed by atoms with van der Waals surface area (Å²) in [5.41, 5.74) is 0.240. The predicted octanol–water partition coefficient (Wildman–Crippen LogP) is 4.80. The molecule has 1 fully saturated rings. The summed E-state index contributed by atoms with van der Waals surface area (Å²) < 4.78 is 6.73. The smallest absolute Gasteiger partial charge is 0.335 e. The van der Waals surface area contributed by atoms with E-state index in [1.165, 1.54) is 18.2 Å². The number of ether oxygens (including phenoxy) is 1. The molecule has 5 amide bonds. The highest BCUT2D eigenvalue weighted by Crippen LogP contribution is 2.35. The molecule has 0 aromatic heterocycles. The number of hydrogen-bond acceptors (Lipinski definition) is 7. The minimum Gasteiger partial charge on any atom is -0.482 e. The number of urea groups is 1. The van der Waals surface area contributed by atoms with Gasteiger partial charge in [0.25, 0.3) is 23.4 Å². The van der Waals surface area contributed by atoms with E-state index in [4.69, 9.17) is 4.74 Å². The fourth-order valence-electron chi connectivity index (χ4n) is 3.47. The molecule has 1 saturated heterocycles. The molecule has 3 aromatic carbocycles. The molecule has 0 spiro atoms. The maximum atomic E-state index is 13.2. The SMILES string of the molecule is O=C(COc1c(Br)cc(Br)cc1/C=C1/C(=O)NC(=O)N(c2ccc([N+](=O)[O-])cc2)C1=O)Nc1ccccc1. The van der Waals surface area contributed by atoms with Gasteiger partial charge in [0.15, 0.2) is 6.61 Å². The monoisotopic (exact) mass is 642 g/mol. The second kappa shape index (κ2) is 11.4. The number of nitrogens with zero attached hydrogens (tertiary/aromatic N) is 2. The number of nitro groups is 1. The minimum absolute atomic E-state index is 0.0287. The van der Waals surface area contributed by atoms with Crippen LogP contribution in [0, 0.1) is 10.1 Å². The van der Waals surface area contributed by atoms with Crippen molar-refractivity contribution in [3.63, 3.8) is 0 Å². The highest BCUT2D eigenvalue weighted by atomic mass is 79.9. The topological polar surface area (TPSA) is 148 Å². The molecule has 1 aliphatic heterocycles. The van der Waals surface area contributed by atoms with Gasteiger partial charge in [-0.2, -0.15) is 0 Å². The zero-order valence-electron chi connectivity index (χ0n) is 19.1. The fraction of sp³-hybridized carbons (Fsp3) is 0.0400. The molecule has 192 valence electrons. The summed E-state index contributed by atoms with van der Waals surface area (Å²) in [7, 11) is 0. The number of non-ortho nitro benzene ring substituents is 1. The van der Waals surface area contributed by atoms with Crippen LogP contribution < -0.4 is 20.3 Å². The second-order valence-electron chi connectivity index (χ2n) is 7.74. The molecule has 3 aromatic rings. The Morgan fingerprint density at radius 3 is 2.39 bits per heavy atom. The molecule has 38 heavy (non-hydrogen) atoms. The van der Waals surface area contributed by atoms with E-state index in [-0.39, 0.29) is 29.3 Å². The summed E-state index contributed by atoms with van der Waals surface area (Å²) in [4.78, 5) is 61.7. The molecule has 0 bridgehead atoms. The highest BCUT2D eigenvalue weighted by molar-refractivity contribution is 9.11. The van der Waals surface area contributed by atoms with Crippen LogP contribution in [0.25, 0.3) is 6.08 Å². The molecule has 0 saturated carbocycles. The molecule has 0 atom stereocenters. The molecule has 11 nitrogen and oxygen atoms in total. The first-order valence-electron chi connectivity index (χ1n) is 10.8. The predicted molar refractivity (Wildman–Crippen MR) is 145 cm³/mol. The number of benzene rings is 3. The van der Waals surface area contributed by atoms with Crippen molar-refractivity contribution < 1.29 is 28.8 Å². The van der Waals surface area contributed by atoms with Gasteiger partial charge >= 0.3 is 6.03 Å². The molecule has 2 N–H and O–H groups in total. The largest absolute Gasteiger partial charge is 0.482 e. The summed E-state index contributed by atoms with van der Waals surface area (Å²) in [5.74, 6) is -2.16. The van der Waals surface area contributed by atoms with E-state index >= 15 is 0 Å². The van der Waals surface area contributed by atoms with Crippen molar-refractivity contribution >= 4 is 78.8 Å². The van der Waals surface area contributed by atoms with E-state index in [1.54, 1.807) is 36.4 Å². The van der Waals surface area contributed by atoms with Crippen LogP contribution in [0.5, 0.6) is 5.75 Å². The molecule has 1 heterocycles. The molecule has 0 aliphatic carbocycles. The minimum atomic E-state index is -1.00. The lowest BCUT2D eigenvalue weighted by atomic mass is 10.1. The maximum absolute atomic E-state index is 13.2. The number of anilines is 2. The average Bonchev–Trinajstić information content (AvgIpc) is 2.86. The van der Waals surface area contributed by atoms with E-state index in [0.717, 1.165) is 12.1 Å². The molecular formula is C25H16Br2N4O7. The lowest BCUT2D eigenvalue weighted by molar-refractivity contribution is -0.384. The quantitative estimate of drug-likeness (QED) is 0.163. The van der Waals surface area contributed by atoms with Crippen molar-refractivity contribution in [2.24, 2.45) is 0 Å². The van der Waals surface area contributed by atoms with Crippen molar-refractivity contribution in [3.05, 3.63) is 96.9 Å².